The van der Waals surface area contributed by atoms with Crippen LogP contribution < -0.4 is 0 Å². The molecule has 0 radical (unpaired) electrons. The van der Waals surface area contributed by atoms with Gasteiger partial charge in [-0.3, -0.25) is 9.69 Å². The van der Waals surface area contributed by atoms with Gasteiger partial charge in [0.1, 0.15) is 0 Å². The maximum Gasteiger partial charge on any atom is 0.320 e. The second kappa shape index (κ2) is 12.9. The van der Waals surface area contributed by atoms with Gasteiger partial charge in [-0.05, 0) is 38.3 Å². The zero-order valence-corrected chi connectivity index (χ0v) is 14.9. The first kappa shape index (κ1) is 19.5. The molecule has 0 aromatic carbocycles. The minimum Gasteiger partial charge on any atom is -0.464 e. The van der Waals surface area contributed by atoms with Crippen molar-refractivity contribution in [2.24, 2.45) is 5.92 Å². The van der Waals surface area contributed by atoms with E-state index in [1.54, 1.807) is 0 Å². The third-order valence-corrected chi connectivity index (χ3v) is 4.63. The quantitative estimate of drug-likeness (QED) is 0.383. The third kappa shape index (κ3) is 10.2. The van der Waals surface area contributed by atoms with Gasteiger partial charge in [0.25, 0.3) is 0 Å². The van der Waals surface area contributed by atoms with E-state index in [-0.39, 0.29) is 5.97 Å². The average molecular weight is 312 g/mol. The van der Waals surface area contributed by atoms with Crippen molar-refractivity contribution in [3.05, 3.63) is 0 Å². The van der Waals surface area contributed by atoms with E-state index in [4.69, 9.17) is 4.74 Å². The second-order valence-corrected chi connectivity index (χ2v) is 7.03. The number of carbonyl (C=O) groups is 1. The molecule has 0 bridgehead atoms. The van der Waals surface area contributed by atoms with E-state index in [9.17, 15) is 4.79 Å². The van der Waals surface area contributed by atoms with Gasteiger partial charge in [-0.25, -0.2) is 0 Å². The number of unbranched alkanes of at least 4 members (excludes halogenated alkanes) is 6. The minimum atomic E-state index is -0.0340. The number of rotatable bonds is 12. The van der Waals surface area contributed by atoms with E-state index in [0.29, 0.717) is 19.1 Å². The van der Waals surface area contributed by atoms with Crippen LogP contribution in [0.3, 0.4) is 0 Å². The van der Waals surface area contributed by atoms with Crippen molar-refractivity contribution in [2.45, 2.75) is 84.5 Å². The Morgan fingerprint density at radius 1 is 1.00 bits per heavy atom. The van der Waals surface area contributed by atoms with Crippen LogP contribution in [-0.4, -0.2) is 37.1 Å². The number of carbonyl (C=O) groups excluding carboxylic acids is 1. The summed E-state index contributed by atoms with van der Waals surface area (Å²) in [5.41, 5.74) is 0. The van der Waals surface area contributed by atoms with E-state index < -0.39 is 0 Å². The maximum absolute atomic E-state index is 11.8. The molecule has 1 heterocycles. The summed E-state index contributed by atoms with van der Waals surface area (Å²) in [6.45, 7) is 7.66. The second-order valence-electron chi connectivity index (χ2n) is 7.03. The van der Waals surface area contributed by atoms with E-state index in [1.165, 1.54) is 70.6 Å². The summed E-state index contributed by atoms with van der Waals surface area (Å²) in [5.74, 6) is 0.467. The van der Waals surface area contributed by atoms with Crippen LogP contribution in [0.25, 0.3) is 0 Å². The van der Waals surface area contributed by atoms with Crippen molar-refractivity contribution < 1.29 is 9.53 Å². The molecule has 1 fully saturated rings. The number of likely N-dealkylation sites (tertiary alicyclic amines) is 1. The van der Waals surface area contributed by atoms with Crippen LogP contribution in [0.15, 0.2) is 0 Å². The Hall–Kier alpha value is -0.570. The Morgan fingerprint density at radius 3 is 2.32 bits per heavy atom. The Kier molecular flexibility index (Phi) is 11.4. The summed E-state index contributed by atoms with van der Waals surface area (Å²) in [7, 11) is 0. The highest BCUT2D eigenvalue weighted by Crippen LogP contribution is 2.13. The van der Waals surface area contributed by atoms with E-state index in [0.717, 1.165) is 13.1 Å². The number of nitrogens with zero attached hydrogens (tertiary/aromatic N) is 1. The summed E-state index contributed by atoms with van der Waals surface area (Å²) in [4.78, 5) is 14.1. The first-order valence-electron chi connectivity index (χ1n) is 9.60. The van der Waals surface area contributed by atoms with Gasteiger partial charge >= 0.3 is 5.97 Å². The number of hydrogen-bond acceptors (Lipinski definition) is 3. The molecule has 0 spiro atoms. The predicted molar refractivity (Wildman–Crippen MR) is 93.0 cm³/mol. The first-order chi connectivity index (χ1) is 10.7. The van der Waals surface area contributed by atoms with Crippen LogP contribution in [0.2, 0.25) is 0 Å². The van der Waals surface area contributed by atoms with Gasteiger partial charge in [0.2, 0.25) is 0 Å². The number of piperidine rings is 1. The topological polar surface area (TPSA) is 29.5 Å². The molecule has 22 heavy (non-hydrogen) atoms. The predicted octanol–water partition coefficient (Wildman–Crippen LogP) is 4.79. The highest BCUT2D eigenvalue weighted by atomic mass is 16.5. The summed E-state index contributed by atoms with van der Waals surface area (Å²) in [5, 5.41) is 0. The standard InChI is InChI=1S/C19H37NO2/c1-3-4-5-6-7-8-10-13-18(2)17-22-19(21)16-20-14-11-9-12-15-20/h18H,3-17H2,1-2H3/t18-/m1/s1. The molecular weight excluding hydrogens is 274 g/mol. The van der Waals surface area contributed by atoms with Crippen LogP contribution >= 0.6 is 0 Å². The molecule has 1 rings (SSSR count). The van der Waals surface area contributed by atoms with Crippen molar-refractivity contribution in [2.75, 3.05) is 26.2 Å². The molecule has 0 N–H and O–H groups in total. The molecule has 0 aromatic heterocycles. The fraction of sp³-hybridized carbons (Fsp3) is 0.947. The fourth-order valence-electron chi connectivity index (χ4n) is 3.11. The molecule has 3 heteroatoms. The van der Waals surface area contributed by atoms with Gasteiger partial charge in [0.05, 0.1) is 13.2 Å². The smallest absolute Gasteiger partial charge is 0.320 e. The van der Waals surface area contributed by atoms with Crippen LogP contribution in [-0.2, 0) is 9.53 Å². The lowest BCUT2D eigenvalue weighted by molar-refractivity contribution is -0.146. The lowest BCUT2D eigenvalue weighted by atomic mass is 10.0. The molecule has 0 aromatic rings. The Morgan fingerprint density at radius 2 is 1.64 bits per heavy atom. The minimum absolute atomic E-state index is 0.0340. The molecule has 130 valence electrons. The van der Waals surface area contributed by atoms with E-state index in [2.05, 4.69) is 18.7 Å². The van der Waals surface area contributed by atoms with Crippen molar-refractivity contribution in [1.82, 2.24) is 4.90 Å². The molecule has 0 unspecified atom stereocenters. The lowest BCUT2D eigenvalue weighted by Crippen LogP contribution is -2.35. The number of hydrogen-bond donors (Lipinski definition) is 0. The SMILES string of the molecule is CCCCCCCCC[C@@H](C)COC(=O)CN1CCCCC1. The van der Waals surface area contributed by atoms with Crippen LogP contribution in [0.5, 0.6) is 0 Å². The van der Waals surface area contributed by atoms with Crippen molar-refractivity contribution >= 4 is 5.97 Å². The van der Waals surface area contributed by atoms with Crippen LogP contribution in [0, 0.1) is 5.92 Å². The van der Waals surface area contributed by atoms with Crippen molar-refractivity contribution in [3.63, 3.8) is 0 Å². The molecule has 0 aliphatic carbocycles. The summed E-state index contributed by atoms with van der Waals surface area (Å²) < 4.78 is 5.44. The fourth-order valence-corrected chi connectivity index (χ4v) is 3.11. The monoisotopic (exact) mass is 311 g/mol. The molecule has 1 saturated heterocycles. The summed E-state index contributed by atoms with van der Waals surface area (Å²) >= 11 is 0. The normalized spacial score (nSPS) is 17.4. The number of ether oxygens (including phenoxy) is 1. The zero-order chi connectivity index (χ0) is 16.0. The van der Waals surface area contributed by atoms with Crippen molar-refractivity contribution in [1.29, 1.82) is 0 Å². The van der Waals surface area contributed by atoms with Gasteiger partial charge in [-0.15, -0.1) is 0 Å². The first-order valence-corrected chi connectivity index (χ1v) is 9.60. The van der Waals surface area contributed by atoms with Gasteiger partial charge in [-0.2, -0.15) is 0 Å². The number of esters is 1. The average Bonchev–Trinajstić information content (AvgIpc) is 2.53. The maximum atomic E-state index is 11.8. The molecule has 1 atom stereocenters. The van der Waals surface area contributed by atoms with Crippen LogP contribution in [0.4, 0.5) is 0 Å². The highest BCUT2D eigenvalue weighted by molar-refractivity contribution is 5.71. The van der Waals surface area contributed by atoms with E-state index in [1.807, 2.05) is 0 Å². The lowest BCUT2D eigenvalue weighted by Gasteiger charge is -2.25. The van der Waals surface area contributed by atoms with Gasteiger partial charge in [-0.1, -0.05) is 65.2 Å². The van der Waals surface area contributed by atoms with Crippen LogP contribution in [0.1, 0.15) is 84.5 Å². The molecule has 1 aliphatic rings. The molecule has 0 saturated carbocycles. The van der Waals surface area contributed by atoms with Gasteiger partial charge < -0.3 is 4.74 Å². The molecular formula is C19H37NO2. The Labute approximate surface area is 137 Å². The Bertz CT molecular complexity index is 275. The third-order valence-electron chi connectivity index (χ3n) is 4.63. The van der Waals surface area contributed by atoms with E-state index >= 15 is 0 Å². The van der Waals surface area contributed by atoms with Gasteiger partial charge in [0.15, 0.2) is 0 Å². The van der Waals surface area contributed by atoms with Crippen molar-refractivity contribution in [3.8, 4) is 0 Å². The summed E-state index contributed by atoms with van der Waals surface area (Å²) in [6.07, 6.45) is 14.4. The highest BCUT2D eigenvalue weighted by Gasteiger charge is 2.15. The Balaban J connectivity index is 1.93. The molecule has 1 aliphatic heterocycles. The zero-order valence-electron chi connectivity index (χ0n) is 14.9. The molecule has 3 nitrogen and oxygen atoms in total. The summed E-state index contributed by atoms with van der Waals surface area (Å²) in [6, 6.07) is 0. The largest absolute Gasteiger partial charge is 0.464 e. The van der Waals surface area contributed by atoms with Gasteiger partial charge in [0, 0.05) is 0 Å². The molecule has 0 amide bonds.